The molecule has 0 saturated carbocycles. The van der Waals surface area contributed by atoms with Gasteiger partial charge in [-0.3, -0.25) is 4.79 Å². The highest BCUT2D eigenvalue weighted by molar-refractivity contribution is 5.95. The minimum absolute atomic E-state index is 0.0531. The van der Waals surface area contributed by atoms with Crippen LogP contribution < -0.4 is 10.6 Å². The topological polar surface area (TPSA) is 62.5 Å². The van der Waals surface area contributed by atoms with Gasteiger partial charge in [-0.15, -0.1) is 0 Å². The van der Waals surface area contributed by atoms with Gasteiger partial charge in [-0.2, -0.15) is 0 Å². The summed E-state index contributed by atoms with van der Waals surface area (Å²) >= 11 is 0. The molecule has 0 aliphatic carbocycles. The molecule has 1 aliphatic heterocycles. The second-order valence-electron chi connectivity index (χ2n) is 6.52. The Morgan fingerprint density at radius 2 is 2.00 bits per heavy atom. The van der Waals surface area contributed by atoms with Crippen LogP contribution >= 0.6 is 0 Å². The van der Waals surface area contributed by atoms with E-state index in [9.17, 15) is 4.79 Å². The molecule has 2 heterocycles. The predicted molar refractivity (Wildman–Crippen MR) is 96.2 cm³/mol. The van der Waals surface area contributed by atoms with Crippen LogP contribution in [0.1, 0.15) is 21.8 Å². The van der Waals surface area contributed by atoms with Crippen molar-refractivity contribution in [3.8, 4) is 0 Å². The molecule has 1 fully saturated rings. The van der Waals surface area contributed by atoms with Gasteiger partial charge in [-0.05, 0) is 30.2 Å². The number of benzene rings is 1. The van der Waals surface area contributed by atoms with Crippen molar-refractivity contribution in [2.75, 3.05) is 38.6 Å². The zero-order valence-corrected chi connectivity index (χ0v) is 14.2. The van der Waals surface area contributed by atoms with Crippen LogP contribution in [0.5, 0.6) is 0 Å². The number of carbonyl (C=O) groups excluding carboxylic acids is 1. The number of carbonyl (C=O) groups is 1. The molecule has 0 unspecified atom stereocenters. The molecule has 2 N–H and O–H groups in total. The first kappa shape index (κ1) is 16.5. The summed E-state index contributed by atoms with van der Waals surface area (Å²) in [6.45, 7) is 2.00. The van der Waals surface area contributed by atoms with E-state index in [-0.39, 0.29) is 5.91 Å². The maximum atomic E-state index is 12.9. The Morgan fingerprint density at radius 1 is 1.25 bits per heavy atom. The number of hydrogen-bond donors (Lipinski definition) is 1. The second kappa shape index (κ2) is 7.01. The molecule has 24 heavy (non-hydrogen) atoms. The van der Waals surface area contributed by atoms with Crippen LogP contribution in [0.15, 0.2) is 48.7 Å². The molecule has 2 atom stereocenters. The van der Waals surface area contributed by atoms with Crippen molar-refractivity contribution in [2.24, 2.45) is 11.7 Å². The van der Waals surface area contributed by atoms with Crippen LogP contribution in [0.25, 0.3) is 0 Å². The minimum atomic E-state index is 0.0531. The second-order valence-corrected chi connectivity index (χ2v) is 6.52. The maximum absolute atomic E-state index is 12.9. The van der Waals surface area contributed by atoms with Gasteiger partial charge in [0.05, 0.1) is 0 Å². The molecule has 1 aliphatic rings. The average molecular weight is 324 g/mol. The quantitative estimate of drug-likeness (QED) is 0.934. The Kier molecular flexibility index (Phi) is 4.81. The standard InChI is InChI=1S/C19H24N4O/c1-22(2)18-10-15(8-9-21-18)19(24)23-12-16(11-20)17(13-23)14-6-4-3-5-7-14/h3-10,16-17H,11-13,20H2,1-2H3/t16-,17+/m1/s1. The van der Waals surface area contributed by atoms with E-state index in [1.807, 2.05) is 48.2 Å². The first-order valence-corrected chi connectivity index (χ1v) is 8.28. The summed E-state index contributed by atoms with van der Waals surface area (Å²) < 4.78 is 0. The number of aromatic nitrogens is 1. The van der Waals surface area contributed by atoms with Crippen LogP contribution in [-0.4, -0.2) is 49.5 Å². The monoisotopic (exact) mass is 324 g/mol. The van der Waals surface area contributed by atoms with E-state index < -0.39 is 0 Å². The van der Waals surface area contributed by atoms with Crippen LogP contribution in [0.2, 0.25) is 0 Å². The average Bonchev–Trinajstić information content (AvgIpc) is 3.06. The van der Waals surface area contributed by atoms with Gasteiger partial charge >= 0.3 is 0 Å². The van der Waals surface area contributed by atoms with E-state index in [0.29, 0.717) is 37.0 Å². The molecule has 0 spiro atoms. The third-order valence-corrected chi connectivity index (χ3v) is 4.71. The lowest BCUT2D eigenvalue weighted by molar-refractivity contribution is 0.0786. The number of nitrogens with zero attached hydrogens (tertiary/aromatic N) is 3. The third kappa shape index (κ3) is 3.26. The van der Waals surface area contributed by atoms with Gasteiger partial charge < -0.3 is 15.5 Å². The fraction of sp³-hybridized carbons (Fsp3) is 0.368. The molecule has 5 heteroatoms. The zero-order chi connectivity index (χ0) is 17.1. The normalized spacial score (nSPS) is 20.2. The largest absolute Gasteiger partial charge is 0.363 e. The van der Waals surface area contributed by atoms with Crippen LogP contribution in [0, 0.1) is 5.92 Å². The van der Waals surface area contributed by atoms with Crippen LogP contribution in [-0.2, 0) is 0 Å². The highest BCUT2D eigenvalue weighted by Gasteiger charge is 2.35. The first-order valence-electron chi connectivity index (χ1n) is 8.28. The Morgan fingerprint density at radius 3 is 2.67 bits per heavy atom. The molecule has 1 aromatic heterocycles. The lowest BCUT2D eigenvalue weighted by atomic mass is 9.89. The number of rotatable bonds is 4. The number of hydrogen-bond acceptors (Lipinski definition) is 4. The molecule has 3 rings (SSSR count). The Labute approximate surface area is 143 Å². The van der Waals surface area contributed by atoms with Crippen molar-refractivity contribution in [1.82, 2.24) is 9.88 Å². The van der Waals surface area contributed by atoms with Crippen molar-refractivity contribution < 1.29 is 4.79 Å². The Hall–Kier alpha value is -2.40. The number of amides is 1. The molecule has 2 aromatic rings. The minimum Gasteiger partial charge on any atom is -0.363 e. The lowest BCUT2D eigenvalue weighted by Gasteiger charge is -2.18. The van der Waals surface area contributed by atoms with Crippen molar-refractivity contribution in [2.45, 2.75) is 5.92 Å². The van der Waals surface area contributed by atoms with Crippen LogP contribution in [0.4, 0.5) is 5.82 Å². The third-order valence-electron chi connectivity index (χ3n) is 4.71. The van der Waals surface area contributed by atoms with Gasteiger partial charge in [0.1, 0.15) is 5.82 Å². The van der Waals surface area contributed by atoms with E-state index in [2.05, 4.69) is 17.1 Å². The van der Waals surface area contributed by atoms with E-state index >= 15 is 0 Å². The summed E-state index contributed by atoms with van der Waals surface area (Å²) in [6, 6.07) is 14.0. The van der Waals surface area contributed by atoms with Gasteiger partial charge in [-0.1, -0.05) is 30.3 Å². The Bertz CT molecular complexity index is 702. The van der Waals surface area contributed by atoms with Gasteiger partial charge in [0.2, 0.25) is 0 Å². The summed E-state index contributed by atoms with van der Waals surface area (Å²) in [7, 11) is 3.84. The zero-order valence-electron chi connectivity index (χ0n) is 14.2. The number of anilines is 1. The molecule has 0 bridgehead atoms. The van der Waals surface area contributed by atoms with Gasteiger partial charge in [-0.25, -0.2) is 4.98 Å². The number of nitrogens with two attached hydrogens (primary N) is 1. The molecular weight excluding hydrogens is 300 g/mol. The van der Waals surface area contributed by atoms with E-state index in [1.165, 1.54) is 5.56 Å². The molecule has 5 nitrogen and oxygen atoms in total. The van der Waals surface area contributed by atoms with Gasteiger partial charge in [0, 0.05) is 44.9 Å². The summed E-state index contributed by atoms with van der Waals surface area (Å²) in [6.07, 6.45) is 1.69. The van der Waals surface area contributed by atoms with E-state index in [1.54, 1.807) is 12.3 Å². The number of likely N-dealkylation sites (tertiary alicyclic amines) is 1. The van der Waals surface area contributed by atoms with Crippen molar-refractivity contribution in [3.63, 3.8) is 0 Å². The van der Waals surface area contributed by atoms with Crippen molar-refractivity contribution in [1.29, 1.82) is 0 Å². The molecule has 1 amide bonds. The van der Waals surface area contributed by atoms with Gasteiger partial charge in [0.25, 0.3) is 5.91 Å². The first-order chi connectivity index (χ1) is 11.6. The fourth-order valence-corrected chi connectivity index (χ4v) is 3.33. The highest BCUT2D eigenvalue weighted by atomic mass is 16.2. The number of pyridine rings is 1. The van der Waals surface area contributed by atoms with Crippen LogP contribution in [0.3, 0.4) is 0 Å². The van der Waals surface area contributed by atoms with E-state index in [0.717, 1.165) is 5.82 Å². The summed E-state index contributed by atoms with van der Waals surface area (Å²) in [5.41, 5.74) is 7.91. The molecule has 0 radical (unpaired) electrons. The van der Waals surface area contributed by atoms with Crippen molar-refractivity contribution in [3.05, 3.63) is 59.8 Å². The lowest BCUT2D eigenvalue weighted by Crippen LogP contribution is -2.30. The SMILES string of the molecule is CN(C)c1cc(C(=O)N2C[C@@H](CN)[C@H](c3ccccc3)C2)ccn1. The predicted octanol–water partition coefficient (Wildman–Crippen LogP) is 1.96. The molecule has 1 aromatic carbocycles. The van der Waals surface area contributed by atoms with E-state index in [4.69, 9.17) is 5.73 Å². The maximum Gasteiger partial charge on any atom is 0.254 e. The smallest absolute Gasteiger partial charge is 0.254 e. The Balaban J connectivity index is 1.80. The van der Waals surface area contributed by atoms with Crippen molar-refractivity contribution >= 4 is 11.7 Å². The molecular formula is C19H24N4O. The molecule has 1 saturated heterocycles. The summed E-state index contributed by atoms with van der Waals surface area (Å²) in [5, 5.41) is 0. The highest BCUT2D eigenvalue weighted by Crippen LogP contribution is 2.32. The summed E-state index contributed by atoms with van der Waals surface area (Å²) in [4.78, 5) is 21.0. The fourth-order valence-electron chi connectivity index (χ4n) is 3.33. The van der Waals surface area contributed by atoms with Gasteiger partial charge in [0.15, 0.2) is 0 Å². The molecule has 126 valence electrons. The summed E-state index contributed by atoms with van der Waals surface area (Å²) in [5.74, 6) is 1.44.